The Morgan fingerprint density at radius 1 is 1.47 bits per heavy atom. The first-order chi connectivity index (χ1) is 8.81. The molecule has 104 valence electrons. The lowest BCUT2D eigenvalue weighted by atomic mass is 10.0. The first kappa shape index (κ1) is 14.7. The van der Waals surface area contributed by atoms with Crippen molar-refractivity contribution >= 4 is 17.8 Å². The molecular formula is C11H14N2O6. The van der Waals surface area contributed by atoms with Crippen molar-refractivity contribution in [1.82, 2.24) is 5.32 Å². The number of hydrogen-bond acceptors (Lipinski definition) is 5. The van der Waals surface area contributed by atoms with Gasteiger partial charge in [-0.3, -0.25) is 19.7 Å². The zero-order chi connectivity index (χ0) is 14.6. The summed E-state index contributed by atoms with van der Waals surface area (Å²) in [5, 5.41) is 21.6. The molecule has 19 heavy (non-hydrogen) atoms. The second-order valence-corrected chi connectivity index (χ2v) is 4.32. The molecule has 8 nitrogen and oxygen atoms in total. The third-order valence-electron chi connectivity index (χ3n) is 2.51. The Hall–Kier alpha value is -2.38. The molecule has 0 saturated carbocycles. The molecule has 1 atom stereocenters. The van der Waals surface area contributed by atoms with Gasteiger partial charge >= 0.3 is 11.9 Å². The van der Waals surface area contributed by atoms with Gasteiger partial charge in [0.25, 0.3) is 5.91 Å². The minimum atomic E-state index is -1.04. The van der Waals surface area contributed by atoms with Crippen LogP contribution < -0.4 is 5.32 Å². The zero-order valence-corrected chi connectivity index (χ0v) is 10.5. The van der Waals surface area contributed by atoms with Gasteiger partial charge in [0, 0.05) is 6.04 Å². The standard InChI is InChI=1S/C11H14N2O6/c1-6(2)7(5-10(14)15)12-11(16)8-3-4-9(19-8)13(17)18/h3-4,6-7H,5H2,1-2H3,(H,12,16)(H,14,15). The molecule has 0 spiro atoms. The van der Waals surface area contributed by atoms with Crippen molar-refractivity contribution in [3.05, 3.63) is 28.0 Å². The maximum Gasteiger partial charge on any atom is 0.433 e. The Bertz CT molecular complexity index is 493. The number of nitrogens with zero attached hydrogens (tertiary/aromatic N) is 1. The molecule has 1 heterocycles. The number of carbonyl (C=O) groups excluding carboxylic acids is 1. The van der Waals surface area contributed by atoms with Crippen molar-refractivity contribution in [3.63, 3.8) is 0 Å². The van der Waals surface area contributed by atoms with Crippen LogP contribution in [-0.4, -0.2) is 27.9 Å². The molecule has 0 fully saturated rings. The van der Waals surface area contributed by atoms with Crippen molar-refractivity contribution in [3.8, 4) is 0 Å². The highest BCUT2D eigenvalue weighted by atomic mass is 16.6. The SMILES string of the molecule is CC(C)C(CC(=O)O)NC(=O)c1ccc([N+](=O)[O-])o1. The van der Waals surface area contributed by atoms with Crippen molar-refractivity contribution in [2.24, 2.45) is 5.92 Å². The molecule has 1 aromatic heterocycles. The summed E-state index contributed by atoms with van der Waals surface area (Å²) in [5.74, 6) is -2.56. The van der Waals surface area contributed by atoms with Gasteiger partial charge in [0.2, 0.25) is 0 Å². The van der Waals surface area contributed by atoms with Gasteiger partial charge in [-0.2, -0.15) is 0 Å². The number of nitrogens with one attached hydrogen (secondary N) is 1. The fourth-order valence-corrected chi connectivity index (χ4v) is 1.43. The highest BCUT2D eigenvalue weighted by Gasteiger charge is 2.23. The highest BCUT2D eigenvalue weighted by Crippen LogP contribution is 2.16. The topological polar surface area (TPSA) is 123 Å². The van der Waals surface area contributed by atoms with E-state index in [1.807, 2.05) is 0 Å². The summed E-state index contributed by atoms with van der Waals surface area (Å²) >= 11 is 0. The van der Waals surface area contributed by atoms with Gasteiger partial charge in [0.1, 0.15) is 4.92 Å². The number of carboxylic acids is 1. The van der Waals surface area contributed by atoms with E-state index in [4.69, 9.17) is 9.52 Å². The van der Waals surface area contributed by atoms with E-state index in [0.717, 1.165) is 6.07 Å². The van der Waals surface area contributed by atoms with Crippen LogP contribution in [0.3, 0.4) is 0 Å². The first-order valence-corrected chi connectivity index (χ1v) is 5.58. The van der Waals surface area contributed by atoms with Crippen molar-refractivity contribution in [2.45, 2.75) is 26.3 Å². The summed E-state index contributed by atoms with van der Waals surface area (Å²) in [6.07, 6.45) is -0.230. The second kappa shape index (κ2) is 5.98. The van der Waals surface area contributed by atoms with Crippen LogP contribution in [0.15, 0.2) is 16.5 Å². The molecule has 0 aliphatic heterocycles. The van der Waals surface area contributed by atoms with Crippen LogP contribution in [0.25, 0.3) is 0 Å². The minimum absolute atomic E-state index is 0.0926. The van der Waals surface area contributed by atoms with E-state index < -0.39 is 28.7 Å². The molecular weight excluding hydrogens is 256 g/mol. The van der Waals surface area contributed by atoms with Gasteiger partial charge in [-0.1, -0.05) is 13.8 Å². The van der Waals surface area contributed by atoms with E-state index in [1.54, 1.807) is 13.8 Å². The lowest BCUT2D eigenvalue weighted by molar-refractivity contribution is -0.402. The number of furan rings is 1. The third-order valence-corrected chi connectivity index (χ3v) is 2.51. The van der Waals surface area contributed by atoms with E-state index in [-0.39, 0.29) is 18.1 Å². The van der Waals surface area contributed by atoms with E-state index in [9.17, 15) is 19.7 Å². The maximum absolute atomic E-state index is 11.8. The third kappa shape index (κ3) is 4.09. The minimum Gasteiger partial charge on any atom is -0.481 e. The quantitative estimate of drug-likeness (QED) is 0.595. The predicted octanol–water partition coefficient (Wildman–Crippen LogP) is 1.42. The Morgan fingerprint density at radius 2 is 2.11 bits per heavy atom. The molecule has 0 saturated heterocycles. The summed E-state index contributed by atoms with van der Waals surface area (Å²) in [4.78, 5) is 32.1. The van der Waals surface area contributed by atoms with Crippen LogP contribution in [-0.2, 0) is 4.79 Å². The fourth-order valence-electron chi connectivity index (χ4n) is 1.43. The summed E-state index contributed by atoms with van der Waals surface area (Å²) in [6.45, 7) is 3.52. The van der Waals surface area contributed by atoms with Crippen molar-refractivity contribution < 1.29 is 24.0 Å². The highest BCUT2D eigenvalue weighted by molar-refractivity contribution is 5.92. The lowest BCUT2D eigenvalue weighted by Crippen LogP contribution is -2.39. The summed E-state index contributed by atoms with van der Waals surface area (Å²) < 4.78 is 4.73. The predicted molar refractivity (Wildman–Crippen MR) is 63.7 cm³/mol. The smallest absolute Gasteiger partial charge is 0.433 e. The lowest BCUT2D eigenvalue weighted by Gasteiger charge is -2.19. The van der Waals surface area contributed by atoms with Gasteiger partial charge in [-0.15, -0.1) is 0 Å². The van der Waals surface area contributed by atoms with Gasteiger partial charge in [0.05, 0.1) is 12.5 Å². The monoisotopic (exact) mass is 270 g/mol. The maximum atomic E-state index is 11.8. The van der Waals surface area contributed by atoms with Gasteiger partial charge in [-0.05, 0) is 12.0 Å². The van der Waals surface area contributed by atoms with Gasteiger partial charge in [0.15, 0.2) is 5.76 Å². The first-order valence-electron chi connectivity index (χ1n) is 5.58. The van der Waals surface area contributed by atoms with Crippen LogP contribution in [0, 0.1) is 16.0 Å². The largest absolute Gasteiger partial charge is 0.481 e. The Kier molecular flexibility index (Phi) is 4.62. The van der Waals surface area contributed by atoms with Crippen LogP contribution in [0.2, 0.25) is 0 Å². The molecule has 1 rings (SSSR count). The summed E-state index contributed by atoms with van der Waals surface area (Å²) in [7, 11) is 0. The van der Waals surface area contributed by atoms with Crippen LogP contribution in [0.4, 0.5) is 5.88 Å². The van der Waals surface area contributed by atoms with Gasteiger partial charge < -0.3 is 14.8 Å². The zero-order valence-electron chi connectivity index (χ0n) is 10.5. The van der Waals surface area contributed by atoms with E-state index in [1.165, 1.54) is 6.07 Å². The molecule has 0 radical (unpaired) electrons. The van der Waals surface area contributed by atoms with Gasteiger partial charge in [-0.25, -0.2) is 0 Å². The number of hydrogen-bond donors (Lipinski definition) is 2. The van der Waals surface area contributed by atoms with Crippen LogP contribution in [0.1, 0.15) is 30.8 Å². The summed E-state index contributed by atoms with van der Waals surface area (Å²) in [5.41, 5.74) is 0. The number of aliphatic carboxylic acids is 1. The molecule has 0 aliphatic rings. The second-order valence-electron chi connectivity index (χ2n) is 4.32. The molecule has 0 aliphatic carbocycles. The van der Waals surface area contributed by atoms with E-state index in [2.05, 4.69) is 5.32 Å². The average molecular weight is 270 g/mol. The average Bonchev–Trinajstić information content (AvgIpc) is 2.76. The fraction of sp³-hybridized carbons (Fsp3) is 0.455. The molecule has 1 amide bonds. The normalized spacial score (nSPS) is 12.2. The van der Waals surface area contributed by atoms with Crippen molar-refractivity contribution in [1.29, 1.82) is 0 Å². The Labute approximate surface area is 108 Å². The molecule has 0 aromatic carbocycles. The molecule has 1 aromatic rings. The van der Waals surface area contributed by atoms with Crippen LogP contribution in [0.5, 0.6) is 0 Å². The number of carbonyl (C=O) groups is 2. The number of nitro groups is 1. The number of carboxylic acid groups (broad SMARTS) is 1. The van der Waals surface area contributed by atoms with E-state index in [0.29, 0.717) is 0 Å². The molecule has 8 heteroatoms. The van der Waals surface area contributed by atoms with E-state index >= 15 is 0 Å². The molecule has 1 unspecified atom stereocenters. The number of amides is 1. The number of rotatable bonds is 6. The summed E-state index contributed by atoms with van der Waals surface area (Å²) in [6, 6.07) is 1.66. The molecule has 0 bridgehead atoms. The Balaban J connectivity index is 2.75. The van der Waals surface area contributed by atoms with Crippen molar-refractivity contribution in [2.75, 3.05) is 0 Å². The van der Waals surface area contributed by atoms with Crippen LogP contribution >= 0.6 is 0 Å². The molecule has 2 N–H and O–H groups in total. The Morgan fingerprint density at radius 3 is 2.53 bits per heavy atom.